The van der Waals surface area contributed by atoms with E-state index in [4.69, 9.17) is 0 Å². The molecule has 1 aliphatic rings. The molecule has 26 heavy (non-hydrogen) atoms. The third-order valence-corrected chi connectivity index (χ3v) is 4.19. The largest absolute Gasteiger partial charge is 0.356 e. The highest BCUT2D eigenvalue weighted by Gasteiger charge is 2.30. The molecule has 0 radical (unpaired) electrons. The summed E-state index contributed by atoms with van der Waals surface area (Å²) >= 11 is 0. The number of hydrogen-bond donors (Lipinski definition) is 2. The first kappa shape index (κ1) is 20.2. The third kappa shape index (κ3) is 5.42. The van der Waals surface area contributed by atoms with E-state index in [1.807, 2.05) is 47.5 Å². The van der Waals surface area contributed by atoms with E-state index in [0.717, 1.165) is 24.6 Å². The molecule has 0 aliphatic carbocycles. The van der Waals surface area contributed by atoms with Gasteiger partial charge in [0.2, 0.25) is 5.91 Å². The van der Waals surface area contributed by atoms with Crippen LogP contribution in [0.4, 0.5) is 5.69 Å². The Kier molecular flexibility index (Phi) is 7.83. The Bertz CT molecular complexity index is 723. The van der Waals surface area contributed by atoms with Gasteiger partial charge in [-0.1, -0.05) is 24.3 Å². The number of aromatic nitrogens is 1. The zero-order valence-corrected chi connectivity index (χ0v) is 17.1. The number of anilines is 1. The Morgan fingerprint density at radius 3 is 2.77 bits per heavy atom. The van der Waals surface area contributed by atoms with Crippen LogP contribution in [0, 0.1) is 0 Å². The number of para-hydroxylation sites is 1. The predicted molar refractivity (Wildman–Crippen MR) is 115 cm³/mol. The van der Waals surface area contributed by atoms with Crippen molar-refractivity contribution in [2.45, 2.75) is 18.9 Å². The van der Waals surface area contributed by atoms with Gasteiger partial charge in [-0.3, -0.25) is 14.8 Å². The maximum Gasteiger partial charge on any atom is 0.229 e. The van der Waals surface area contributed by atoms with Gasteiger partial charge in [0.05, 0.1) is 6.04 Å². The normalized spacial score (nSPS) is 17.0. The van der Waals surface area contributed by atoms with Gasteiger partial charge in [-0.15, -0.1) is 24.0 Å². The van der Waals surface area contributed by atoms with Crippen LogP contribution in [0.1, 0.15) is 12.0 Å². The number of rotatable bonds is 5. The Hall–Kier alpha value is -2.16. The van der Waals surface area contributed by atoms with E-state index >= 15 is 0 Å². The molecule has 1 amide bonds. The number of nitrogens with one attached hydrogen (secondary N) is 2. The van der Waals surface area contributed by atoms with Crippen LogP contribution in [0.15, 0.2) is 59.9 Å². The van der Waals surface area contributed by atoms with Gasteiger partial charge in [-0.05, 0) is 30.2 Å². The van der Waals surface area contributed by atoms with Crippen LogP contribution in [-0.2, 0) is 11.2 Å². The maximum atomic E-state index is 12.3. The summed E-state index contributed by atoms with van der Waals surface area (Å²) in [4.78, 5) is 22.5. The van der Waals surface area contributed by atoms with Crippen molar-refractivity contribution < 1.29 is 4.79 Å². The Labute approximate surface area is 171 Å². The summed E-state index contributed by atoms with van der Waals surface area (Å²) in [6, 6.07) is 13.8. The lowest BCUT2D eigenvalue weighted by Crippen LogP contribution is -2.45. The fourth-order valence-electron chi connectivity index (χ4n) is 2.92. The molecule has 2 heterocycles. The Morgan fingerprint density at radius 1 is 1.27 bits per heavy atom. The van der Waals surface area contributed by atoms with Gasteiger partial charge in [0, 0.05) is 44.6 Å². The van der Waals surface area contributed by atoms with Crippen LogP contribution in [0.25, 0.3) is 0 Å². The quantitative estimate of drug-likeness (QED) is 0.404. The van der Waals surface area contributed by atoms with Gasteiger partial charge in [0.25, 0.3) is 0 Å². The number of hydrogen-bond acceptors (Lipinski definition) is 3. The first-order valence-electron chi connectivity index (χ1n) is 8.48. The van der Waals surface area contributed by atoms with E-state index in [9.17, 15) is 4.79 Å². The number of aliphatic imine (C=N–C) groups is 1. The second kappa shape index (κ2) is 10.1. The highest BCUT2D eigenvalue weighted by atomic mass is 127. The molecule has 138 valence electrons. The molecule has 1 aromatic heterocycles. The molecular weight excluding hydrogens is 441 g/mol. The third-order valence-electron chi connectivity index (χ3n) is 4.19. The fraction of sp³-hybridized carbons (Fsp3) is 0.316. The van der Waals surface area contributed by atoms with Gasteiger partial charge in [0.1, 0.15) is 0 Å². The van der Waals surface area contributed by atoms with Crippen molar-refractivity contribution in [3.63, 3.8) is 0 Å². The molecule has 1 aliphatic heterocycles. The molecular formula is C19H24IN5O. The zero-order valence-electron chi connectivity index (χ0n) is 14.8. The van der Waals surface area contributed by atoms with E-state index in [1.54, 1.807) is 13.2 Å². The van der Waals surface area contributed by atoms with Crippen LogP contribution >= 0.6 is 24.0 Å². The van der Waals surface area contributed by atoms with E-state index in [2.05, 4.69) is 26.7 Å². The summed E-state index contributed by atoms with van der Waals surface area (Å²) < 4.78 is 0. The smallest absolute Gasteiger partial charge is 0.229 e. The van der Waals surface area contributed by atoms with Crippen LogP contribution < -0.4 is 15.5 Å². The molecule has 0 spiro atoms. The maximum absolute atomic E-state index is 12.3. The van der Waals surface area contributed by atoms with Crippen molar-refractivity contribution in [3.05, 3.63) is 60.4 Å². The minimum absolute atomic E-state index is 0. The van der Waals surface area contributed by atoms with Crippen LogP contribution in [0.2, 0.25) is 0 Å². The fourth-order valence-corrected chi connectivity index (χ4v) is 2.92. The standard InChI is InChI=1S/C19H23N5O.HI/c1-20-19(22-11-9-15-6-5-10-21-13-15)23-16-12-18(25)24(14-16)17-7-3-2-4-8-17;/h2-8,10,13,16H,9,11-12,14H2,1H3,(H2,20,22,23);1H. The topological polar surface area (TPSA) is 69.6 Å². The van der Waals surface area contributed by atoms with E-state index < -0.39 is 0 Å². The van der Waals surface area contributed by atoms with Crippen molar-refractivity contribution in [3.8, 4) is 0 Å². The number of pyridine rings is 1. The van der Waals surface area contributed by atoms with Gasteiger partial charge < -0.3 is 15.5 Å². The van der Waals surface area contributed by atoms with E-state index in [0.29, 0.717) is 13.0 Å². The lowest BCUT2D eigenvalue weighted by Gasteiger charge is -2.19. The second-order valence-electron chi connectivity index (χ2n) is 6.00. The monoisotopic (exact) mass is 465 g/mol. The summed E-state index contributed by atoms with van der Waals surface area (Å²) in [6.45, 7) is 1.40. The number of benzene rings is 1. The summed E-state index contributed by atoms with van der Waals surface area (Å²) in [7, 11) is 1.74. The van der Waals surface area contributed by atoms with Crippen LogP contribution in [-0.4, -0.2) is 43.0 Å². The van der Waals surface area contributed by atoms with E-state index in [1.165, 1.54) is 5.56 Å². The van der Waals surface area contributed by atoms with Gasteiger partial charge in [0.15, 0.2) is 5.96 Å². The predicted octanol–water partition coefficient (Wildman–Crippen LogP) is 2.21. The summed E-state index contributed by atoms with van der Waals surface area (Å²) in [5.74, 6) is 0.853. The number of guanidine groups is 1. The molecule has 2 aromatic rings. The number of carbonyl (C=O) groups is 1. The first-order chi connectivity index (χ1) is 12.3. The molecule has 2 N–H and O–H groups in total. The van der Waals surface area contributed by atoms with Gasteiger partial charge >= 0.3 is 0 Å². The average molecular weight is 465 g/mol. The molecule has 0 bridgehead atoms. The minimum Gasteiger partial charge on any atom is -0.356 e. The number of nitrogens with zero attached hydrogens (tertiary/aromatic N) is 3. The summed E-state index contributed by atoms with van der Waals surface area (Å²) in [6.07, 6.45) is 4.98. The van der Waals surface area contributed by atoms with Gasteiger partial charge in [-0.2, -0.15) is 0 Å². The highest BCUT2D eigenvalue weighted by Crippen LogP contribution is 2.20. The Balaban J connectivity index is 0.00000243. The van der Waals surface area contributed by atoms with E-state index in [-0.39, 0.29) is 35.9 Å². The molecule has 1 saturated heterocycles. The molecule has 1 aromatic carbocycles. The van der Waals surface area contributed by atoms with Crippen LogP contribution in [0.5, 0.6) is 0 Å². The number of amides is 1. The molecule has 7 heteroatoms. The molecule has 6 nitrogen and oxygen atoms in total. The first-order valence-corrected chi connectivity index (χ1v) is 8.48. The lowest BCUT2D eigenvalue weighted by molar-refractivity contribution is -0.117. The van der Waals surface area contributed by atoms with Crippen molar-refractivity contribution in [2.24, 2.45) is 4.99 Å². The molecule has 0 saturated carbocycles. The van der Waals surface area contributed by atoms with Gasteiger partial charge in [-0.25, -0.2) is 0 Å². The second-order valence-corrected chi connectivity index (χ2v) is 6.00. The molecule has 3 rings (SSSR count). The Morgan fingerprint density at radius 2 is 2.08 bits per heavy atom. The van der Waals surface area contributed by atoms with Crippen molar-refractivity contribution >= 4 is 41.5 Å². The molecule has 1 unspecified atom stereocenters. The molecule has 1 fully saturated rings. The molecule has 1 atom stereocenters. The number of halogens is 1. The average Bonchev–Trinajstić information content (AvgIpc) is 3.02. The number of carbonyl (C=O) groups excluding carboxylic acids is 1. The SMILES string of the molecule is CN=C(NCCc1cccnc1)NC1CC(=O)N(c2ccccc2)C1.I. The van der Waals surface area contributed by atoms with Crippen molar-refractivity contribution in [2.75, 3.05) is 25.0 Å². The van der Waals surface area contributed by atoms with Crippen LogP contribution in [0.3, 0.4) is 0 Å². The lowest BCUT2D eigenvalue weighted by atomic mass is 10.2. The van der Waals surface area contributed by atoms with Crippen molar-refractivity contribution in [1.29, 1.82) is 0 Å². The minimum atomic E-state index is 0. The summed E-state index contributed by atoms with van der Waals surface area (Å²) in [5, 5.41) is 6.64. The zero-order chi connectivity index (χ0) is 17.5. The van der Waals surface area contributed by atoms with Crippen molar-refractivity contribution in [1.82, 2.24) is 15.6 Å². The summed E-state index contributed by atoms with van der Waals surface area (Å²) in [5.41, 5.74) is 2.12. The highest BCUT2D eigenvalue weighted by molar-refractivity contribution is 14.0.